The van der Waals surface area contributed by atoms with E-state index in [1.54, 1.807) is 25.3 Å². The summed E-state index contributed by atoms with van der Waals surface area (Å²) in [5.41, 5.74) is -0.645. The molecule has 20 heavy (non-hydrogen) atoms. The van der Waals surface area contributed by atoms with Gasteiger partial charge < -0.3 is 14.2 Å². The Morgan fingerprint density at radius 3 is 1.90 bits per heavy atom. The first-order valence-electron chi connectivity index (χ1n) is 5.98. The second-order valence-electron chi connectivity index (χ2n) is 4.29. The van der Waals surface area contributed by atoms with Crippen molar-refractivity contribution < 1.29 is 23.8 Å². The highest BCUT2D eigenvalue weighted by Gasteiger charge is 2.41. The predicted molar refractivity (Wildman–Crippen MR) is 74.2 cm³/mol. The molecular formula is C15H18O5. The summed E-state index contributed by atoms with van der Waals surface area (Å²) in [5, 5.41) is 0. The van der Waals surface area contributed by atoms with Gasteiger partial charge in [0.15, 0.2) is 5.41 Å². The third-order valence-electron chi connectivity index (χ3n) is 2.94. The lowest BCUT2D eigenvalue weighted by molar-refractivity contribution is -0.163. The van der Waals surface area contributed by atoms with Crippen molar-refractivity contribution in [2.24, 2.45) is 5.41 Å². The average Bonchev–Trinajstić information content (AvgIpc) is 2.51. The standard InChI is InChI=1S/C15H18O5/c1-15(13(16)19-3,14(17)20-4)10-9-11-5-7-12(18-2)8-6-11/h5-10H,1-4H3. The summed E-state index contributed by atoms with van der Waals surface area (Å²) in [5.74, 6) is -0.617. The lowest BCUT2D eigenvalue weighted by Gasteiger charge is -2.19. The van der Waals surface area contributed by atoms with Gasteiger partial charge >= 0.3 is 11.9 Å². The number of methoxy groups -OCH3 is 3. The van der Waals surface area contributed by atoms with Crippen LogP contribution in [0.3, 0.4) is 0 Å². The minimum Gasteiger partial charge on any atom is -0.497 e. The van der Waals surface area contributed by atoms with Crippen molar-refractivity contribution >= 4 is 18.0 Å². The highest BCUT2D eigenvalue weighted by atomic mass is 16.5. The molecule has 0 aliphatic rings. The second kappa shape index (κ2) is 6.75. The van der Waals surface area contributed by atoms with E-state index >= 15 is 0 Å². The van der Waals surface area contributed by atoms with Gasteiger partial charge in [-0.05, 0) is 24.6 Å². The highest BCUT2D eigenvalue weighted by Crippen LogP contribution is 2.24. The fourth-order valence-corrected chi connectivity index (χ4v) is 1.62. The molecule has 1 aromatic rings. The largest absolute Gasteiger partial charge is 0.497 e. The van der Waals surface area contributed by atoms with Gasteiger partial charge in [-0.1, -0.05) is 24.3 Å². The van der Waals surface area contributed by atoms with Gasteiger partial charge in [0.2, 0.25) is 0 Å². The summed E-state index contributed by atoms with van der Waals surface area (Å²) in [6, 6.07) is 7.19. The summed E-state index contributed by atoms with van der Waals surface area (Å²) >= 11 is 0. The number of esters is 2. The van der Waals surface area contributed by atoms with Crippen molar-refractivity contribution in [3.63, 3.8) is 0 Å². The summed E-state index contributed by atoms with van der Waals surface area (Å²) in [4.78, 5) is 23.5. The number of rotatable bonds is 5. The Kier molecular flexibility index (Phi) is 5.32. The smallest absolute Gasteiger partial charge is 0.326 e. The van der Waals surface area contributed by atoms with Crippen LogP contribution in [0.4, 0.5) is 0 Å². The van der Waals surface area contributed by atoms with Crippen LogP contribution < -0.4 is 4.74 Å². The molecule has 1 rings (SSSR count). The molecule has 0 heterocycles. The van der Waals surface area contributed by atoms with Crippen molar-refractivity contribution in [2.45, 2.75) is 6.92 Å². The minimum atomic E-state index is -1.47. The van der Waals surface area contributed by atoms with E-state index in [2.05, 4.69) is 9.47 Å². The SMILES string of the molecule is COC(=O)C(C)(C=Cc1ccc(OC)cc1)C(=O)OC. The van der Waals surface area contributed by atoms with Crippen LogP contribution in [-0.4, -0.2) is 33.3 Å². The molecule has 5 heteroatoms. The molecule has 1 aromatic carbocycles. The molecular weight excluding hydrogens is 260 g/mol. The maximum Gasteiger partial charge on any atom is 0.326 e. The molecule has 0 saturated heterocycles. The summed E-state index contributed by atoms with van der Waals surface area (Å²) < 4.78 is 14.4. The lowest BCUT2D eigenvalue weighted by atomic mass is 9.89. The van der Waals surface area contributed by atoms with E-state index in [1.807, 2.05) is 12.1 Å². The molecule has 0 saturated carbocycles. The Morgan fingerprint density at radius 2 is 1.50 bits per heavy atom. The van der Waals surface area contributed by atoms with Gasteiger partial charge in [0.1, 0.15) is 5.75 Å². The van der Waals surface area contributed by atoms with E-state index in [0.717, 1.165) is 11.3 Å². The van der Waals surface area contributed by atoms with Crippen molar-refractivity contribution in [3.8, 4) is 5.75 Å². The number of benzene rings is 1. The zero-order chi connectivity index (χ0) is 15.2. The number of carbonyl (C=O) groups excluding carboxylic acids is 2. The molecule has 0 spiro atoms. The van der Waals surface area contributed by atoms with E-state index < -0.39 is 17.4 Å². The molecule has 0 aliphatic carbocycles. The van der Waals surface area contributed by atoms with Crippen LogP contribution in [0.5, 0.6) is 5.75 Å². The molecule has 0 N–H and O–H groups in total. The second-order valence-corrected chi connectivity index (χ2v) is 4.29. The monoisotopic (exact) mass is 278 g/mol. The molecule has 108 valence electrons. The minimum absolute atomic E-state index is 0.672. The lowest BCUT2D eigenvalue weighted by Crippen LogP contribution is -2.36. The third kappa shape index (κ3) is 3.38. The Balaban J connectivity index is 3.02. The Hall–Kier alpha value is -2.30. The average molecular weight is 278 g/mol. The van der Waals surface area contributed by atoms with Crippen molar-refractivity contribution in [1.29, 1.82) is 0 Å². The molecule has 0 aliphatic heterocycles. The molecule has 5 nitrogen and oxygen atoms in total. The van der Waals surface area contributed by atoms with Crippen LogP contribution in [0.15, 0.2) is 30.3 Å². The fourth-order valence-electron chi connectivity index (χ4n) is 1.62. The molecule has 0 aromatic heterocycles. The van der Waals surface area contributed by atoms with Gasteiger partial charge in [0.25, 0.3) is 0 Å². The maximum absolute atomic E-state index is 11.8. The number of carbonyl (C=O) groups is 2. The van der Waals surface area contributed by atoms with Gasteiger partial charge in [0.05, 0.1) is 21.3 Å². The van der Waals surface area contributed by atoms with Gasteiger partial charge in [-0.15, -0.1) is 0 Å². The highest BCUT2D eigenvalue weighted by molar-refractivity contribution is 6.02. The number of hydrogen-bond acceptors (Lipinski definition) is 5. The van der Waals surface area contributed by atoms with Crippen LogP contribution in [0.1, 0.15) is 12.5 Å². The first-order chi connectivity index (χ1) is 9.47. The quantitative estimate of drug-likeness (QED) is 0.609. The van der Waals surface area contributed by atoms with E-state index in [4.69, 9.17) is 4.74 Å². The molecule has 0 bridgehead atoms. The van der Waals surface area contributed by atoms with E-state index in [9.17, 15) is 9.59 Å². The summed E-state index contributed by atoms with van der Waals surface area (Å²) in [6.45, 7) is 1.45. The third-order valence-corrected chi connectivity index (χ3v) is 2.94. The topological polar surface area (TPSA) is 61.8 Å². The maximum atomic E-state index is 11.8. The van der Waals surface area contributed by atoms with Crippen LogP contribution in [0.2, 0.25) is 0 Å². The van der Waals surface area contributed by atoms with Gasteiger partial charge in [0, 0.05) is 0 Å². The van der Waals surface area contributed by atoms with Gasteiger partial charge in [-0.3, -0.25) is 9.59 Å². The van der Waals surface area contributed by atoms with Crippen LogP contribution >= 0.6 is 0 Å². The Labute approximate surface area is 118 Å². The molecule has 0 fully saturated rings. The zero-order valence-corrected chi connectivity index (χ0v) is 12.0. The molecule has 0 amide bonds. The Morgan fingerprint density at radius 1 is 1.00 bits per heavy atom. The normalized spacial score (nSPS) is 11.2. The van der Waals surface area contributed by atoms with Crippen molar-refractivity contribution in [1.82, 2.24) is 0 Å². The summed E-state index contributed by atoms with van der Waals surface area (Å²) in [6.07, 6.45) is 3.12. The number of hydrogen-bond donors (Lipinski definition) is 0. The Bertz CT molecular complexity index is 486. The molecule has 0 atom stereocenters. The zero-order valence-electron chi connectivity index (χ0n) is 12.0. The van der Waals surface area contributed by atoms with Crippen LogP contribution in [0, 0.1) is 5.41 Å². The first-order valence-corrected chi connectivity index (χ1v) is 5.98. The van der Waals surface area contributed by atoms with Crippen molar-refractivity contribution in [2.75, 3.05) is 21.3 Å². The molecule has 0 unspecified atom stereocenters. The molecule has 0 radical (unpaired) electrons. The van der Waals surface area contributed by atoms with E-state index in [-0.39, 0.29) is 0 Å². The fraction of sp³-hybridized carbons (Fsp3) is 0.333. The van der Waals surface area contributed by atoms with Crippen molar-refractivity contribution in [3.05, 3.63) is 35.9 Å². The van der Waals surface area contributed by atoms with E-state index in [0.29, 0.717) is 0 Å². The van der Waals surface area contributed by atoms with Crippen LogP contribution in [0.25, 0.3) is 6.08 Å². The number of ether oxygens (including phenoxy) is 3. The van der Waals surface area contributed by atoms with Crippen LogP contribution in [-0.2, 0) is 19.1 Å². The predicted octanol–water partition coefficient (Wildman–Crippen LogP) is 2.06. The first kappa shape index (κ1) is 15.8. The van der Waals surface area contributed by atoms with Gasteiger partial charge in [-0.25, -0.2) is 0 Å². The summed E-state index contributed by atoms with van der Waals surface area (Å²) in [7, 11) is 4.03. The van der Waals surface area contributed by atoms with Gasteiger partial charge in [-0.2, -0.15) is 0 Å². The van der Waals surface area contributed by atoms with E-state index in [1.165, 1.54) is 27.2 Å².